The van der Waals surface area contributed by atoms with Gasteiger partial charge in [-0.25, -0.2) is 0 Å². The molecular weight excluding hydrogens is 513 g/mol. The van der Waals surface area contributed by atoms with Gasteiger partial charge in [0.15, 0.2) is 17.5 Å². The summed E-state index contributed by atoms with van der Waals surface area (Å²) in [7, 11) is 6.45. The third-order valence-electron chi connectivity index (χ3n) is 4.16. The molecule has 0 fully saturated rings. The molecule has 0 amide bonds. The highest BCUT2D eigenvalue weighted by molar-refractivity contribution is 14.0. The standard InChI is InChI=1S/C22H31N3O5.HI/c1-6-23-22(25-16-8-9-20(28-4)21(12-16)29-5)24-10-7-11-30-19-14-17(26-2)13-18(15-19)27-3;/h8-9,12-15H,6-7,10-11H2,1-5H3,(H2,23,24,25);1H. The van der Waals surface area contributed by atoms with Crippen LogP contribution in [-0.2, 0) is 0 Å². The molecule has 8 nitrogen and oxygen atoms in total. The van der Waals surface area contributed by atoms with Crippen LogP contribution < -0.4 is 34.3 Å². The van der Waals surface area contributed by atoms with E-state index in [9.17, 15) is 0 Å². The topological polar surface area (TPSA) is 82.6 Å². The molecule has 2 aromatic rings. The molecule has 0 aliphatic heterocycles. The minimum absolute atomic E-state index is 0. The molecule has 0 atom stereocenters. The molecule has 0 radical (unpaired) electrons. The van der Waals surface area contributed by atoms with Crippen LogP contribution in [0.25, 0.3) is 0 Å². The van der Waals surface area contributed by atoms with Crippen molar-refractivity contribution in [2.24, 2.45) is 4.99 Å². The number of aliphatic imine (C=N–C) groups is 1. The summed E-state index contributed by atoms with van der Waals surface area (Å²) in [6.07, 6.45) is 0.752. The Morgan fingerprint density at radius 2 is 1.48 bits per heavy atom. The first kappa shape index (κ1) is 26.5. The Morgan fingerprint density at radius 1 is 0.839 bits per heavy atom. The summed E-state index contributed by atoms with van der Waals surface area (Å²) in [4.78, 5) is 4.60. The van der Waals surface area contributed by atoms with Gasteiger partial charge in [0, 0.05) is 49.5 Å². The lowest BCUT2D eigenvalue weighted by atomic mass is 10.3. The number of nitrogens with one attached hydrogen (secondary N) is 2. The maximum absolute atomic E-state index is 5.81. The van der Waals surface area contributed by atoms with E-state index in [2.05, 4.69) is 15.6 Å². The number of hydrogen-bond acceptors (Lipinski definition) is 6. The summed E-state index contributed by atoms with van der Waals surface area (Å²) >= 11 is 0. The van der Waals surface area contributed by atoms with Crippen molar-refractivity contribution in [1.82, 2.24) is 5.32 Å². The summed E-state index contributed by atoms with van der Waals surface area (Å²) in [6.45, 7) is 3.89. The lowest BCUT2D eigenvalue weighted by Gasteiger charge is -2.14. The van der Waals surface area contributed by atoms with Gasteiger partial charge in [0.1, 0.15) is 17.2 Å². The van der Waals surface area contributed by atoms with Gasteiger partial charge in [-0.3, -0.25) is 4.99 Å². The van der Waals surface area contributed by atoms with Crippen molar-refractivity contribution in [3.8, 4) is 28.7 Å². The van der Waals surface area contributed by atoms with Crippen molar-refractivity contribution in [3.63, 3.8) is 0 Å². The van der Waals surface area contributed by atoms with E-state index in [4.69, 9.17) is 23.7 Å². The first-order valence-corrected chi connectivity index (χ1v) is 9.76. The fourth-order valence-electron chi connectivity index (χ4n) is 2.67. The molecule has 0 aromatic heterocycles. The molecule has 9 heteroatoms. The van der Waals surface area contributed by atoms with Crippen molar-refractivity contribution in [3.05, 3.63) is 36.4 Å². The van der Waals surface area contributed by atoms with Gasteiger partial charge < -0.3 is 34.3 Å². The van der Waals surface area contributed by atoms with Crippen LogP contribution >= 0.6 is 24.0 Å². The van der Waals surface area contributed by atoms with Crippen molar-refractivity contribution in [2.45, 2.75) is 13.3 Å². The number of anilines is 1. The molecule has 2 rings (SSSR count). The number of methoxy groups -OCH3 is 4. The van der Waals surface area contributed by atoms with Crippen LogP contribution in [0.2, 0.25) is 0 Å². The second kappa shape index (κ2) is 14.4. The van der Waals surface area contributed by atoms with E-state index in [1.54, 1.807) is 34.5 Å². The summed E-state index contributed by atoms with van der Waals surface area (Å²) in [5, 5.41) is 6.50. The van der Waals surface area contributed by atoms with E-state index in [1.807, 2.05) is 37.3 Å². The molecule has 0 unspecified atom stereocenters. The number of guanidine groups is 1. The quantitative estimate of drug-likeness (QED) is 0.190. The van der Waals surface area contributed by atoms with Gasteiger partial charge in [0.05, 0.1) is 35.0 Å². The second-order valence-electron chi connectivity index (χ2n) is 6.21. The van der Waals surface area contributed by atoms with E-state index in [0.29, 0.717) is 47.9 Å². The number of nitrogens with zero attached hydrogens (tertiary/aromatic N) is 1. The van der Waals surface area contributed by atoms with Gasteiger partial charge in [-0.05, 0) is 19.1 Å². The van der Waals surface area contributed by atoms with Crippen LogP contribution in [0, 0.1) is 0 Å². The van der Waals surface area contributed by atoms with Gasteiger partial charge in [0.25, 0.3) is 0 Å². The number of ether oxygens (including phenoxy) is 5. The van der Waals surface area contributed by atoms with E-state index < -0.39 is 0 Å². The summed E-state index contributed by atoms with van der Waals surface area (Å²) < 4.78 is 26.9. The van der Waals surface area contributed by atoms with Crippen LogP contribution in [0.4, 0.5) is 5.69 Å². The molecule has 0 aliphatic carbocycles. The van der Waals surface area contributed by atoms with Crippen LogP contribution in [0.5, 0.6) is 28.7 Å². The smallest absolute Gasteiger partial charge is 0.195 e. The van der Waals surface area contributed by atoms with Crippen molar-refractivity contribution in [2.75, 3.05) is 53.5 Å². The fourth-order valence-corrected chi connectivity index (χ4v) is 2.67. The highest BCUT2D eigenvalue weighted by Gasteiger charge is 2.06. The lowest BCUT2D eigenvalue weighted by molar-refractivity contribution is 0.307. The zero-order valence-corrected chi connectivity index (χ0v) is 21.0. The molecule has 31 heavy (non-hydrogen) atoms. The van der Waals surface area contributed by atoms with Crippen LogP contribution in [0.15, 0.2) is 41.4 Å². The highest BCUT2D eigenvalue weighted by atomic mass is 127. The fraction of sp³-hybridized carbons (Fsp3) is 0.409. The molecule has 0 spiro atoms. The maximum atomic E-state index is 5.81. The van der Waals surface area contributed by atoms with Crippen LogP contribution in [-0.4, -0.2) is 54.1 Å². The van der Waals surface area contributed by atoms with Crippen molar-refractivity contribution in [1.29, 1.82) is 0 Å². The molecule has 0 saturated carbocycles. The normalized spacial score (nSPS) is 10.5. The Balaban J connectivity index is 0.00000480. The summed E-state index contributed by atoms with van der Waals surface area (Å²) in [5.74, 6) is 4.10. The van der Waals surface area contributed by atoms with Gasteiger partial charge in [-0.1, -0.05) is 0 Å². The van der Waals surface area contributed by atoms with Gasteiger partial charge in [-0.15, -0.1) is 24.0 Å². The van der Waals surface area contributed by atoms with Crippen LogP contribution in [0.3, 0.4) is 0 Å². The Kier molecular flexibility index (Phi) is 12.3. The average molecular weight is 545 g/mol. The third kappa shape index (κ3) is 8.60. The predicted octanol–water partition coefficient (Wildman–Crippen LogP) is 4.19. The van der Waals surface area contributed by atoms with Crippen molar-refractivity contribution >= 4 is 35.6 Å². The monoisotopic (exact) mass is 545 g/mol. The lowest BCUT2D eigenvalue weighted by Crippen LogP contribution is -2.30. The summed E-state index contributed by atoms with van der Waals surface area (Å²) in [5.41, 5.74) is 0.854. The Labute approximate surface area is 201 Å². The largest absolute Gasteiger partial charge is 0.496 e. The molecule has 2 aromatic carbocycles. The predicted molar refractivity (Wildman–Crippen MR) is 134 cm³/mol. The molecular formula is C22H32IN3O5. The second-order valence-corrected chi connectivity index (χ2v) is 6.21. The molecule has 172 valence electrons. The van der Waals surface area contributed by atoms with E-state index >= 15 is 0 Å². The zero-order valence-electron chi connectivity index (χ0n) is 18.7. The molecule has 0 saturated heterocycles. The van der Waals surface area contributed by atoms with E-state index in [0.717, 1.165) is 18.7 Å². The summed E-state index contributed by atoms with van der Waals surface area (Å²) in [6, 6.07) is 11.1. The number of hydrogen-bond donors (Lipinski definition) is 2. The SMILES string of the molecule is CCNC(=NCCCOc1cc(OC)cc(OC)c1)Nc1ccc(OC)c(OC)c1.I. The first-order chi connectivity index (χ1) is 14.6. The van der Waals surface area contributed by atoms with Gasteiger partial charge >= 0.3 is 0 Å². The average Bonchev–Trinajstić information content (AvgIpc) is 2.78. The maximum Gasteiger partial charge on any atom is 0.195 e. The molecule has 0 bridgehead atoms. The molecule has 0 aliphatic rings. The highest BCUT2D eigenvalue weighted by Crippen LogP contribution is 2.30. The van der Waals surface area contributed by atoms with E-state index in [1.165, 1.54) is 0 Å². The van der Waals surface area contributed by atoms with Crippen molar-refractivity contribution < 1.29 is 23.7 Å². The van der Waals surface area contributed by atoms with E-state index in [-0.39, 0.29) is 24.0 Å². The zero-order chi connectivity index (χ0) is 21.8. The van der Waals surface area contributed by atoms with Crippen LogP contribution in [0.1, 0.15) is 13.3 Å². The molecule has 2 N–H and O–H groups in total. The Morgan fingerprint density at radius 3 is 2.06 bits per heavy atom. The minimum Gasteiger partial charge on any atom is -0.496 e. The van der Waals surface area contributed by atoms with Gasteiger partial charge in [-0.2, -0.15) is 0 Å². The van der Waals surface area contributed by atoms with Gasteiger partial charge in [0.2, 0.25) is 0 Å². The Hall–Kier alpha value is -2.56. The number of halogens is 1. The third-order valence-corrected chi connectivity index (χ3v) is 4.16. The first-order valence-electron chi connectivity index (χ1n) is 9.76. The minimum atomic E-state index is 0. The Bertz CT molecular complexity index is 811. The number of benzene rings is 2. The molecule has 0 heterocycles. The number of rotatable bonds is 11.